The highest BCUT2D eigenvalue weighted by molar-refractivity contribution is 8.13. The average molecular weight is 147 g/mol. The Balaban J connectivity index is 3.39. The summed E-state index contributed by atoms with van der Waals surface area (Å²) in [5, 5.41) is 6.99. The quantitative estimate of drug-likeness (QED) is 0.389. The molecule has 5 N–H and O–H groups in total. The van der Waals surface area contributed by atoms with Gasteiger partial charge in [0, 0.05) is 11.3 Å². The molecule has 0 atom stereocenters. The van der Waals surface area contributed by atoms with Crippen molar-refractivity contribution in [2.45, 2.75) is 19.4 Å². The van der Waals surface area contributed by atoms with E-state index in [1.807, 2.05) is 13.8 Å². The van der Waals surface area contributed by atoms with Gasteiger partial charge in [0.25, 0.3) is 0 Å². The first-order valence-corrected chi connectivity index (χ1v) is 3.66. The van der Waals surface area contributed by atoms with Crippen LogP contribution in [0.3, 0.4) is 0 Å². The van der Waals surface area contributed by atoms with Gasteiger partial charge in [-0.15, -0.1) is 0 Å². The van der Waals surface area contributed by atoms with E-state index >= 15 is 0 Å². The molecule has 0 radical (unpaired) electrons. The van der Waals surface area contributed by atoms with E-state index in [1.165, 1.54) is 11.8 Å². The minimum absolute atomic E-state index is 0.133. The van der Waals surface area contributed by atoms with Crippen LogP contribution in [-0.4, -0.2) is 16.5 Å². The van der Waals surface area contributed by atoms with Crippen molar-refractivity contribution in [3.8, 4) is 0 Å². The fraction of sp³-hybridized carbons (Fsp3) is 0.800. The summed E-state index contributed by atoms with van der Waals surface area (Å²) in [7, 11) is 0. The highest BCUT2D eigenvalue weighted by atomic mass is 32.2. The molecule has 0 fully saturated rings. The second-order valence-corrected chi connectivity index (χ2v) is 3.66. The monoisotopic (exact) mass is 147 g/mol. The second kappa shape index (κ2) is 3.08. The Bertz CT molecular complexity index is 105. The number of nitrogens with one attached hydrogen (secondary N) is 1. The van der Waals surface area contributed by atoms with Crippen LogP contribution in [0.1, 0.15) is 13.8 Å². The van der Waals surface area contributed by atoms with E-state index in [2.05, 4.69) is 0 Å². The molecular formula is C5H13N3S. The van der Waals surface area contributed by atoms with Crippen LogP contribution in [0.25, 0.3) is 0 Å². The molecule has 4 heteroatoms. The van der Waals surface area contributed by atoms with Crippen LogP contribution in [-0.2, 0) is 0 Å². The van der Waals surface area contributed by atoms with Crippen molar-refractivity contribution in [2.75, 3.05) is 5.75 Å². The van der Waals surface area contributed by atoms with E-state index in [9.17, 15) is 0 Å². The molecule has 0 aliphatic heterocycles. The minimum atomic E-state index is -0.226. The average Bonchev–Trinajstić information content (AvgIpc) is 1.59. The molecule has 54 valence electrons. The lowest BCUT2D eigenvalue weighted by Crippen LogP contribution is -2.35. The van der Waals surface area contributed by atoms with Gasteiger partial charge in [-0.25, -0.2) is 0 Å². The van der Waals surface area contributed by atoms with Crippen molar-refractivity contribution in [3.05, 3.63) is 0 Å². The highest BCUT2D eigenvalue weighted by Crippen LogP contribution is 2.07. The van der Waals surface area contributed by atoms with Gasteiger partial charge in [-0.2, -0.15) is 0 Å². The highest BCUT2D eigenvalue weighted by Gasteiger charge is 2.10. The molecule has 0 bridgehead atoms. The summed E-state index contributed by atoms with van der Waals surface area (Å²) in [5.74, 6) is 0.697. The molecule has 0 aromatic heterocycles. The Kier molecular flexibility index (Phi) is 3.00. The predicted molar refractivity (Wildman–Crippen MR) is 42.6 cm³/mol. The first-order valence-electron chi connectivity index (χ1n) is 2.67. The van der Waals surface area contributed by atoms with Gasteiger partial charge in [0.15, 0.2) is 5.17 Å². The van der Waals surface area contributed by atoms with Crippen LogP contribution in [0.5, 0.6) is 0 Å². The van der Waals surface area contributed by atoms with Crippen molar-refractivity contribution in [2.24, 2.45) is 11.5 Å². The third kappa shape index (κ3) is 7.78. The first kappa shape index (κ1) is 8.78. The second-order valence-electron chi connectivity index (χ2n) is 2.64. The molecular weight excluding hydrogens is 134 g/mol. The van der Waals surface area contributed by atoms with Gasteiger partial charge in [0.1, 0.15) is 0 Å². The Hall–Kier alpha value is -0.220. The van der Waals surface area contributed by atoms with Crippen LogP contribution in [0, 0.1) is 5.41 Å². The summed E-state index contributed by atoms with van der Waals surface area (Å²) in [6.45, 7) is 3.81. The fourth-order valence-electron chi connectivity index (χ4n) is 0.264. The molecule has 3 nitrogen and oxygen atoms in total. The van der Waals surface area contributed by atoms with Crippen LogP contribution in [0.4, 0.5) is 0 Å². The number of amidine groups is 1. The maximum Gasteiger partial charge on any atom is 0.151 e. The first-order chi connectivity index (χ1) is 3.92. The lowest BCUT2D eigenvalue weighted by Gasteiger charge is -2.16. The molecule has 0 aliphatic carbocycles. The summed E-state index contributed by atoms with van der Waals surface area (Å²) < 4.78 is 0. The smallest absolute Gasteiger partial charge is 0.151 e. The molecule has 0 unspecified atom stereocenters. The maximum absolute atomic E-state index is 6.86. The number of nitrogens with two attached hydrogens (primary N) is 2. The molecule has 0 rings (SSSR count). The van der Waals surface area contributed by atoms with Crippen LogP contribution < -0.4 is 11.5 Å². The van der Waals surface area contributed by atoms with Gasteiger partial charge < -0.3 is 11.5 Å². The summed E-state index contributed by atoms with van der Waals surface area (Å²) in [6, 6.07) is 0. The molecule has 0 aromatic rings. The molecule has 0 amide bonds. The Labute approximate surface area is 59.7 Å². The van der Waals surface area contributed by atoms with Crippen molar-refractivity contribution >= 4 is 16.9 Å². The lowest BCUT2D eigenvalue weighted by atomic mass is 10.1. The van der Waals surface area contributed by atoms with E-state index in [-0.39, 0.29) is 10.7 Å². The molecule has 0 aromatic carbocycles. The summed E-state index contributed by atoms with van der Waals surface area (Å²) in [5.41, 5.74) is 10.5. The van der Waals surface area contributed by atoms with Crippen molar-refractivity contribution in [1.82, 2.24) is 0 Å². The zero-order chi connectivity index (χ0) is 7.49. The van der Waals surface area contributed by atoms with E-state index in [4.69, 9.17) is 16.9 Å². The van der Waals surface area contributed by atoms with Crippen molar-refractivity contribution in [1.29, 1.82) is 5.41 Å². The van der Waals surface area contributed by atoms with Crippen molar-refractivity contribution < 1.29 is 0 Å². The third-order valence-corrected chi connectivity index (χ3v) is 1.80. The summed E-state index contributed by atoms with van der Waals surface area (Å²) >= 11 is 1.27. The summed E-state index contributed by atoms with van der Waals surface area (Å²) in [4.78, 5) is 0. The van der Waals surface area contributed by atoms with Gasteiger partial charge in [-0.05, 0) is 13.8 Å². The van der Waals surface area contributed by atoms with Crippen LogP contribution >= 0.6 is 11.8 Å². The maximum atomic E-state index is 6.86. The number of thioether (sulfide) groups is 1. The van der Waals surface area contributed by atoms with Crippen molar-refractivity contribution in [3.63, 3.8) is 0 Å². The topological polar surface area (TPSA) is 75.9 Å². The number of hydrogen-bond acceptors (Lipinski definition) is 3. The van der Waals surface area contributed by atoms with E-state index in [0.29, 0.717) is 5.75 Å². The zero-order valence-corrected chi connectivity index (χ0v) is 6.59. The largest absolute Gasteiger partial charge is 0.379 e. The summed E-state index contributed by atoms with van der Waals surface area (Å²) in [6.07, 6.45) is 0. The third-order valence-electron chi connectivity index (χ3n) is 0.600. The SMILES string of the molecule is CC(C)(N)CSC(=N)N. The van der Waals surface area contributed by atoms with Gasteiger partial charge >= 0.3 is 0 Å². The number of hydrogen-bond donors (Lipinski definition) is 3. The number of rotatable bonds is 2. The Morgan fingerprint density at radius 2 is 2.11 bits per heavy atom. The Morgan fingerprint density at radius 3 is 2.22 bits per heavy atom. The standard InChI is InChI=1S/C5H13N3S/c1-5(2,8)3-9-4(6)7/h3,8H2,1-2H3,(H3,6,7). The molecule has 0 heterocycles. The van der Waals surface area contributed by atoms with Crippen LogP contribution in [0.2, 0.25) is 0 Å². The van der Waals surface area contributed by atoms with Crippen LogP contribution in [0.15, 0.2) is 0 Å². The minimum Gasteiger partial charge on any atom is -0.379 e. The Morgan fingerprint density at radius 1 is 1.67 bits per heavy atom. The normalized spacial score (nSPS) is 11.4. The molecule has 0 aliphatic rings. The van der Waals surface area contributed by atoms with E-state index in [0.717, 1.165) is 0 Å². The van der Waals surface area contributed by atoms with Gasteiger partial charge in [0.2, 0.25) is 0 Å². The molecule has 0 spiro atoms. The predicted octanol–water partition coefficient (Wildman–Crippen LogP) is 0.350. The molecule has 9 heavy (non-hydrogen) atoms. The van der Waals surface area contributed by atoms with E-state index in [1.54, 1.807) is 0 Å². The lowest BCUT2D eigenvalue weighted by molar-refractivity contribution is 0.592. The zero-order valence-electron chi connectivity index (χ0n) is 5.77. The fourth-order valence-corrected chi connectivity index (χ4v) is 0.791. The van der Waals surface area contributed by atoms with Gasteiger partial charge in [-0.1, -0.05) is 11.8 Å². The molecule has 0 saturated carbocycles. The van der Waals surface area contributed by atoms with Gasteiger partial charge in [0.05, 0.1) is 0 Å². The molecule has 0 saturated heterocycles. The van der Waals surface area contributed by atoms with E-state index < -0.39 is 0 Å². The van der Waals surface area contributed by atoms with Gasteiger partial charge in [-0.3, -0.25) is 5.41 Å².